The lowest BCUT2D eigenvalue weighted by molar-refractivity contribution is -0.112. The molecular weight excluding hydrogens is 506 g/mol. The fourth-order valence-electron chi connectivity index (χ4n) is 3.57. The van der Waals surface area contributed by atoms with Crippen molar-refractivity contribution in [3.63, 3.8) is 0 Å². The predicted molar refractivity (Wildman–Crippen MR) is 130 cm³/mol. The van der Waals surface area contributed by atoms with Gasteiger partial charge in [-0.15, -0.1) is 0 Å². The number of para-hydroxylation sites is 1. The molecule has 3 aromatic rings. The Kier molecular flexibility index (Phi) is 6.11. The van der Waals surface area contributed by atoms with E-state index >= 15 is 0 Å². The van der Waals surface area contributed by atoms with Gasteiger partial charge in [0.25, 0.3) is 5.91 Å². The number of likely N-dealkylation sites (N-methyl/N-ethyl adjacent to an activating group) is 1. The summed E-state index contributed by atoms with van der Waals surface area (Å²) in [7, 11) is 0. The molecule has 1 aliphatic rings. The number of hydrogen-bond donors (Lipinski definition) is 0. The highest BCUT2D eigenvalue weighted by Crippen LogP contribution is 2.40. The third-order valence-electron chi connectivity index (χ3n) is 5.11. The number of anilines is 1. The van der Waals surface area contributed by atoms with Gasteiger partial charge in [-0.25, -0.2) is 0 Å². The van der Waals surface area contributed by atoms with E-state index in [1.165, 1.54) is 5.56 Å². The summed E-state index contributed by atoms with van der Waals surface area (Å²) >= 11 is 7.25. The fraction of sp³-hybridized carbons (Fsp3) is 0.160. The first kappa shape index (κ1) is 20.9. The van der Waals surface area contributed by atoms with Crippen molar-refractivity contribution in [1.29, 1.82) is 0 Å². The van der Waals surface area contributed by atoms with Gasteiger partial charge in [-0.2, -0.15) is 0 Å². The van der Waals surface area contributed by atoms with E-state index in [-0.39, 0.29) is 5.91 Å². The summed E-state index contributed by atoms with van der Waals surface area (Å²) in [5.74, 6) is 0.775. The lowest BCUT2D eigenvalue weighted by atomic mass is 10.0. The Morgan fingerprint density at radius 2 is 1.67 bits per heavy atom. The zero-order valence-electron chi connectivity index (χ0n) is 16.8. The Hall–Kier alpha value is -2.37. The van der Waals surface area contributed by atoms with Crippen molar-refractivity contribution in [3.05, 3.63) is 91.9 Å². The number of hydrogen-bond acceptors (Lipinski definition) is 2. The fourth-order valence-corrected chi connectivity index (χ4v) is 5.02. The standard InChI is InChI=1S/C25H21Br2NO2/c1-3-28-23-7-5-4-6-19(23)20(25(28)29)12-18-13-21(26)24(22(27)14-18)30-15-17-10-8-16(2)9-11-17/h4-14H,3,15H2,1-2H3/b20-12-. The molecule has 0 radical (unpaired) electrons. The monoisotopic (exact) mass is 525 g/mol. The predicted octanol–water partition coefficient (Wildman–Crippen LogP) is 7.01. The van der Waals surface area contributed by atoms with Gasteiger partial charge in [0.1, 0.15) is 12.4 Å². The Bertz CT molecular complexity index is 1110. The molecule has 0 unspecified atom stereocenters. The van der Waals surface area contributed by atoms with Gasteiger partial charge in [0.2, 0.25) is 0 Å². The normalized spacial score (nSPS) is 14.3. The maximum atomic E-state index is 12.9. The van der Waals surface area contributed by atoms with Gasteiger partial charge in [-0.05, 0) is 81.1 Å². The molecule has 1 amide bonds. The Morgan fingerprint density at radius 3 is 2.33 bits per heavy atom. The summed E-state index contributed by atoms with van der Waals surface area (Å²) in [6, 6.07) is 20.2. The van der Waals surface area contributed by atoms with Crippen molar-refractivity contribution in [2.24, 2.45) is 0 Å². The van der Waals surface area contributed by atoms with E-state index < -0.39 is 0 Å². The highest BCUT2D eigenvalue weighted by atomic mass is 79.9. The lowest BCUT2D eigenvalue weighted by Gasteiger charge is -2.13. The Labute approximate surface area is 193 Å². The molecule has 0 saturated carbocycles. The number of rotatable bonds is 5. The number of fused-ring (bicyclic) bond motifs is 1. The smallest absolute Gasteiger partial charge is 0.258 e. The summed E-state index contributed by atoms with van der Waals surface area (Å²) < 4.78 is 7.71. The van der Waals surface area contributed by atoms with Crippen LogP contribution >= 0.6 is 31.9 Å². The van der Waals surface area contributed by atoms with Crippen molar-refractivity contribution in [3.8, 4) is 5.75 Å². The number of benzene rings is 3. The second kappa shape index (κ2) is 8.78. The molecule has 0 atom stereocenters. The van der Waals surface area contributed by atoms with Gasteiger partial charge in [0.05, 0.1) is 14.6 Å². The SMILES string of the molecule is CCN1C(=O)/C(=C\c2cc(Br)c(OCc3ccc(C)cc3)c(Br)c2)c2ccccc21. The summed E-state index contributed by atoms with van der Waals surface area (Å²) in [5, 5.41) is 0. The van der Waals surface area contributed by atoms with Crippen LogP contribution in [0.25, 0.3) is 11.6 Å². The molecule has 0 N–H and O–H groups in total. The van der Waals surface area contributed by atoms with E-state index in [9.17, 15) is 4.79 Å². The lowest BCUT2D eigenvalue weighted by Crippen LogP contribution is -2.25. The minimum absolute atomic E-state index is 0.0330. The van der Waals surface area contributed by atoms with Crippen molar-refractivity contribution >= 4 is 55.1 Å². The van der Waals surface area contributed by atoms with Crippen LogP contribution < -0.4 is 9.64 Å². The number of carbonyl (C=O) groups is 1. The molecule has 0 bridgehead atoms. The van der Waals surface area contributed by atoms with E-state index in [0.29, 0.717) is 18.7 Å². The maximum Gasteiger partial charge on any atom is 0.258 e. The summed E-state index contributed by atoms with van der Waals surface area (Å²) in [5.41, 5.74) is 5.90. The maximum absolute atomic E-state index is 12.9. The largest absolute Gasteiger partial charge is 0.487 e. The number of halogens is 2. The second-order valence-corrected chi connectivity index (χ2v) is 8.92. The number of carbonyl (C=O) groups excluding carboxylic acids is 1. The molecule has 0 saturated heterocycles. The first-order chi connectivity index (χ1) is 14.5. The van der Waals surface area contributed by atoms with Crippen LogP contribution in [-0.2, 0) is 11.4 Å². The van der Waals surface area contributed by atoms with Gasteiger partial charge in [0, 0.05) is 17.7 Å². The number of aryl methyl sites for hydroxylation is 1. The minimum atomic E-state index is 0.0330. The van der Waals surface area contributed by atoms with Gasteiger partial charge in [0.15, 0.2) is 0 Å². The van der Waals surface area contributed by atoms with Crippen LogP contribution in [0.5, 0.6) is 5.75 Å². The average molecular weight is 527 g/mol. The minimum Gasteiger partial charge on any atom is -0.487 e. The molecule has 0 fully saturated rings. The van der Waals surface area contributed by atoms with Gasteiger partial charge in [-0.3, -0.25) is 4.79 Å². The van der Waals surface area contributed by atoms with E-state index in [1.54, 1.807) is 0 Å². The Balaban J connectivity index is 1.62. The molecule has 1 heterocycles. The van der Waals surface area contributed by atoms with Crippen LogP contribution in [-0.4, -0.2) is 12.5 Å². The van der Waals surface area contributed by atoms with Crippen LogP contribution in [0.1, 0.15) is 29.2 Å². The van der Waals surface area contributed by atoms with Crippen molar-refractivity contribution in [2.45, 2.75) is 20.5 Å². The van der Waals surface area contributed by atoms with Gasteiger partial charge < -0.3 is 9.64 Å². The van der Waals surface area contributed by atoms with E-state index in [2.05, 4.69) is 63.0 Å². The van der Waals surface area contributed by atoms with Gasteiger partial charge >= 0.3 is 0 Å². The molecule has 1 aliphatic heterocycles. The second-order valence-electron chi connectivity index (χ2n) is 7.21. The van der Waals surface area contributed by atoms with E-state index in [4.69, 9.17) is 4.74 Å². The van der Waals surface area contributed by atoms with Gasteiger partial charge in [-0.1, -0.05) is 48.0 Å². The van der Waals surface area contributed by atoms with Crippen molar-refractivity contribution in [1.82, 2.24) is 0 Å². The van der Waals surface area contributed by atoms with Crippen LogP contribution in [0.2, 0.25) is 0 Å². The van der Waals surface area contributed by atoms with Crippen molar-refractivity contribution < 1.29 is 9.53 Å². The number of amides is 1. The summed E-state index contributed by atoms with van der Waals surface area (Å²) in [6.07, 6.45) is 1.94. The average Bonchev–Trinajstić information content (AvgIpc) is 3.00. The summed E-state index contributed by atoms with van der Waals surface area (Å²) in [4.78, 5) is 14.7. The van der Waals surface area contributed by atoms with E-state index in [0.717, 1.165) is 37.1 Å². The molecule has 0 aliphatic carbocycles. The molecule has 4 rings (SSSR count). The topological polar surface area (TPSA) is 29.5 Å². The molecular formula is C25H21Br2NO2. The number of ether oxygens (including phenoxy) is 1. The van der Waals surface area contributed by atoms with Crippen LogP contribution in [0, 0.1) is 6.92 Å². The highest BCUT2D eigenvalue weighted by Gasteiger charge is 2.30. The van der Waals surface area contributed by atoms with Crippen molar-refractivity contribution in [2.75, 3.05) is 11.4 Å². The Morgan fingerprint density at radius 1 is 1.00 bits per heavy atom. The zero-order chi connectivity index (χ0) is 21.3. The zero-order valence-corrected chi connectivity index (χ0v) is 20.0. The molecule has 3 nitrogen and oxygen atoms in total. The molecule has 0 aromatic heterocycles. The highest BCUT2D eigenvalue weighted by molar-refractivity contribution is 9.11. The molecule has 3 aromatic carbocycles. The first-order valence-electron chi connectivity index (χ1n) is 9.78. The number of nitrogens with zero attached hydrogens (tertiary/aromatic N) is 1. The molecule has 5 heteroatoms. The third-order valence-corrected chi connectivity index (χ3v) is 6.29. The third kappa shape index (κ3) is 4.09. The molecule has 30 heavy (non-hydrogen) atoms. The first-order valence-corrected chi connectivity index (χ1v) is 11.4. The van der Waals surface area contributed by atoms with E-state index in [1.807, 2.05) is 54.3 Å². The molecule has 152 valence electrons. The van der Waals surface area contributed by atoms with Crippen LogP contribution in [0.4, 0.5) is 5.69 Å². The quantitative estimate of drug-likeness (QED) is 0.335. The molecule has 0 spiro atoms. The summed E-state index contributed by atoms with van der Waals surface area (Å²) in [6.45, 7) is 5.19. The van der Waals surface area contributed by atoms with Crippen LogP contribution in [0.3, 0.4) is 0 Å². The van der Waals surface area contributed by atoms with Crippen LogP contribution in [0.15, 0.2) is 69.6 Å².